The van der Waals surface area contributed by atoms with Crippen LogP contribution in [-0.2, 0) is 0 Å². The summed E-state index contributed by atoms with van der Waals surface area (Å²) in [5.41, 5.74) is 0.598. The standard InChI is InChI=1S/C15H22N4O/c20-14(19-8-4-5-9-19)12-10-16-15(17-11-12)18-13-6-2-1-3-7-13/h10-11,13H,1-9H2,(H,16,17,18). The Morgan fingerprint density at radius 3 is 2.35 bits per heavy atom. The van der Waals surface area contributed by atoms with Crippen LogP contribution in [0.25, 0.3) is 0 Å². The first kappa shape index (κ1) is 13.3. The van der Waals surface area contributed by atoms with Gasteiger partial charge in [0, 0.05) is 31.5 Å². The number of carbonyl (C=O) groups excluding carboxylic acids is 1. The minimum atomic E-state index is 0.0618. The molecule has 0 unspecified atom stereocenters. The highest BCUT2D eigenvalue weighted by molar-refractivity contribution is 5.93. The number of hydrogen-bond acceptors (Lipinski definition) is 4. The molecule has 1 aromatic heterocycles. The number of nitrogens with one attached hydrogen (secondary N) is 1. The van der Waals surface area contributed by atoms with Crippen LogP contribution in [0.4, 0.5) is 5.95 Å². The monoisotopic (exact) mass is 274 g/mol. The number of rotatable bonds is 3. The van der Waals surface area contributed by atoms with Gasteiger partial charge in [-0.05, 0) is 25.7 Å². The number of hydrogen-bond donors (Lipinski definition) is 1. The van der Waals surface area contributed by atoms with Crippen molar-refractivity contribution in [2.75, 3.05) is 18.4 Å². The van der Waals surface area contributed by atoms with E-state index in [4.69, 9.17) is 0 Å². The van der Waals surface area contributed by atoms with E-state index in [-0.39, 0.29) is 5.91 Å². The van der Waals surface area contributed by atoms with Crippen LogP contribution in [0.2, 0.25) is 0 Å². The van der Waals surface area contributed by atoms with E-state index in [2.05, 4.69) is 15.3 Å². The van der Waals surface area contributed by atoms with Crippen LogP contribution in [0.15, 0.2) is 12.4 Å². The Morgan fingerprint density at radius 1 is 1.05 bits per heavy atom. The molecule has 1 aliphatic carbocycles. The van der Waals surface area contributed by atoms with Crippen molar-refractivity contribution in [3.05, 3.63) is 18.0 Å². The molecule has 2 fully saturated rings. The van der Waals surface area contributed by atoms with Gasteiger partial charge in [0.15, 0.2) is 0 Å². The van der Waals surface area contributed by atoms with Crippen LogP contribution in [0.5, 0.6) is 0 Å². The molecule has 0 aromatic carbocycles. The Labute approximate surface area is 119 Å². The van der Waals surface area contributed by atoms with Crippen LogP contribution in [-0.4, -0.2) is 39.9 Å². The summed E-state index contributed by atoms with van der Waals surface area (Å²) in [5, 5.41) is 3.37. The third kappa shape index (κ3) is 3.08. The summed E-state index contributed by atoms with van der Waals surface area (Å²) >= 11 is 0. The van der Waals surface area contributed by atoms with E-state index >= 15 is 0 Å². The van der Waals surface area contributed by atoms with E-state index in [0.717, 1.165) is 25.9 Å². The third-order valence-corrected chi connectivity index (χ3v) is 4.23. The Kier molecular flexibility index (Phi) is 4.14. The Hall–Kier alpha value is -1.65. The molecule has 0 radical (unpaired) electrons. The molecular weight excluding hydrogens is 252 g/mol. The molecule has 2 heterocycles. The lowest BCUT2D eigenvalue weighted by atomic mass is 9.96. The fourth-order valence-corrected chi connectivity index (χ4v) is 3.05. The Balaban J connectivity index is 1.60. The number of anilines is 1. The summed E-state index contributed by atoms with van der Waals surface area (Å²) in [5.74, 6) is 0.710. The van der Waals surface area contributed by atoms with Crippen molar-refractivity contribution in [2.24, 2.45) is 0 Å². The smallest absolute Gasteiger partial charge is 0.256 e. The molecule has 5 heteroatoms. The first-order chi connectivity index (χ1) is 9.83. The lowest BCUT2D eigenvalue weighted by Gasteiger charge is -2.22. The van der Waals surface area contributed by atoms with Gasteiger partial charge in [-0.3, -0.25) is 4.79 Å². The van der Waals surface area contributed by atoms with Gasteiger partial charge in [-0.25, -0.2) is 9.97 Å². The highest BCUT2D eigenvalue weighted by atomic mass is 16.2. The summed E-state index contributed by atoms with van der Waals surface area (Å²) in [6, 6.07) is 0.490. The fourth-order valence-electron chi connectivity index (χ4n) is 3.05. The normalized spacial score (nSPS) is 20.1. The highest BCUT2D eigenvalue weighted by Crippen LogP contribution is 2.20. The average molecular weight is 274 g/mol. The van der Waals surface area contributed by atoms with Crippen molar-refractivity contribution >= 4 is 11.9 Å². The van der Waals surface area contributed by atoms with E-state index in [1.54, 1.807) is 12.4 Å². The first-order valence-electron chi connectivity index (χ1n) is 7.71. The van der Waals surface area contributed by atoms with Crippen molar-refractivity contribution in [2.45, 2.75) is 51.0 Å². The van der Waals surface area contributed by atoms with Crippen LogP contribution in [0, 0.1) is 0 Å². The minimum Gasteiger partial charge on any atom is -0.351 e. The average Bonchev–Trinajstić information content (AvgIpc) is 3.03. The largest absolute Gasteiger partial charge is 0.351 e. The molecule has 1 N–H and O–H groups in total. The Bertz CT molecular complexity index is 447. The lowest BCUT2D eigenvalue weighted by molar-refractivity contribution is 0.0792. The van der Waals surface area contributed by atoms with E-state index in [9.17, 15) is 4.79 Å². The maximum absolute atomic E-state index is 12.2. The maximum Gasteiger partial charge on any atom is 0.256 e. The molecule has 0 bridgehead atoms. The molecule has 108 valence electrons. The second kappa shape index (κ2) is 6.20. The molecule has 2 aliphatic rings. The predicted octanol–water partition coefficient (Wildman–Crippen LogP) is 2.46. The fraction of sp³-hybridized carbons (Fsp3) is 0.667. The van der Waals surface area contributed by atoms with Gasteiger partial charge < -0.3 is 10.2 Å². The third-order valence-electron chi connectivity index (χ3n) is 4.23. The van der Waals surface area contributed by atoms with Crippen molar-refractivity contribution in [3.8, 4) is 0 Å². The molecule has 1 amide bonds. The molecule has 1 saturated heterocycles. The number of amides is 1. The van der Waals surface area contributed by atoms with Gasteiger partial charge in [-0.2, -0.15) is 0 Å². The van der Waals surface area contributed by atoms with E-state index in [1.807, 2.05) is 4.90 Å². The van der Waals surface area contributed by atoms with Gasteiger partial charge in [0.25, 0.3) is 5.91 Å². The van der Waals surface area contributed by atoms with Crippen molar-refractivity contribution < 1.29 is 4.79 Å². The molecule has 20 heavy (non-hydrogen) atoms. The van der Waals surface area contributed by atoms with Gasteiger partial charge in [-0.15, -0.1) is 0 Å². The van der Waals surface area contributed by atoms with Crippen molar-refractivity contribution in [1.82, 2.24) is 14.9 Å². The molecule has 5 nitrogen and oxygen atoms in total. The summed E-state index contributed by atoms with van der Waals surface area (Å²) < 4.78 is 0. The SMILES string of the molecule is O=C(c1cnc(NC2CCCCC2)nc1)N1CCCC1. The van der Waals surface area contributed by atoms with Gasteiger partial charge >= 0.3 is 0 Å². The zero-order chi connectivity index (χ0) is 13.8. The van der Waals surface area contributed by atoms with E-state index in [0.29, 0.717) is 17.6 Å². The topological polar surface area (TPSA) is 58.1 Å². The predicted molar refractivity (Wildman–Crippen MR) is 77.7 cm³/mol. The van der Waals surface area contributed by atoms with E-state index in [1.165, 1.54) is 32.1 Å². The summed E-state index contributed by atoms with van der Waals surface area (Å²) in [6.07, 6.45) is 11.8. The zero-order valence-electron chi connectivity index (χ0n) is 11.8. The Morgan fingerprint density at radius 2 is 1.70 bits per heavy atom. The molecule has 0 spiro atoms. The van der Waals surface area contributed by atoms with Gasteiger partial charge in [0.05, 0.1) is 5.56 Å². The van der Waals surface area contributed by atoms with Crippen LogP contribution in [0.1, 0.15) is 55.3 Å². The minimum absolute atomic E-state index is 0.0618. The first-order valence-corrected chi connectivity index (χ1v) is 7.71. The molecule has 1 aromatic rings. The number of nitrogens with zero attached hydrogens (tertiary/aromatic N) is 3. The van der Waals surface area contributed by atoms with Crippen molar-refractivity contribution in [3.63, 3.8) is 0 Å². The molecule has 0 atom stereocenters. The molecule has 1 aliphatic heterocycles. The summed E-state index contributed by atoms with van der Waals surface area (Å²) in [6.45, 7) is 1.72. The number of aromatic nitrogens is 2. The van der Waals surface area contributed by atoms with Crippen LogP contribution < -0.4 is 5.32 Å². The molecular formula is C15H22N4O. The second-order valence-electron chi connectivity index (χ2n) is 5.77. The lowest BCUT2D eigenvalue weighted by Crippen LogP contribution is -2.28. The highest BCUT2D eigenvalue weighted by Gasteiger charge is 2.20. The van der Waals surface area contributed by atoms with E-state index < -0.39 is 0 Å². The van der Waals surface area contributed by atoms with Crippen molar-refractivity contribution in [1.29, 1.82) is 0 Å². The quantitative estimate of drug-likeness (QED) is 0.920. The van der Waals surface area contributed by atoms with Gasteiger partial charge in [-0.1, -0.05) is 19.3 Å². The number of carbonyl (C=O) groups is 1. The summed E-state index contributed by atoms with van der Waals surface area (Å²) in [7, 11) is 0. The zero-order valence-corrected chi connectivity index (χ0v) is 11.8. The van der Waals surface area contributed by atoms with Gasteiger partial charge in [0.2, 0.25) is 5.95 Å². The van der Waals surface area contributed by atoms with Crippen LogP contribution in [0.3, 0.4) is 0 Å². The molecule has 3 rings (SSSR count). The summed E-state index contributed by atoms with van der Waals surface area (Å²) in [4.78, 5) is 22.6. The van der Waals surface area contributed by atoms with Crippen LogP contribution >= 0.6 is 0 Å². The number of likely N-dealkylation sites (tertiary alicyclic amines) is 1. The maximum atomic E-state index is 12.2. The van der Waals surface area contributed by atoms with Gasteiger partial charge in [0.1, 0.15) is 0 Å². The second-order valence-corrected chi connectivity index (χ2v) is 5.77. The molecule has 1 saturated carbocycles.